The van der Waals surface area contributed by atoms with Gasteiger partial charge in [-0.1, -0.05) is 30.3 Å². The summed E-state index contributed by atoms with van der Waals surface area (Å²) in [6, 6.07) is 12.3. The average Bonchev–Trinajstić information content (AvgIpc) is 3.24. The standard InChI is InChI=1S/C24H27N3O3S/c1-16-25-20-15-26(23(29)30-24(2,3)4)12-11-19(20)22(28)27(16)14-17-8-5-6-9-18(17)21-10-7-13-31-21/h5-10,13H,11-12,14-15H2,1-4H3. The number of aromatic nitrogens is 2. The molecule has 4 rings (SSSR count). The van der Waals surface area contributed by atoms with E-state index in [9.17, 15) is 9.59 Å². The normalized spacial score (nSPS) is 13.7. The molecule has 3 aromatic rings. The Kier molecular flexibility index (Phi) is 5.71. The molecular formula is C24H27N3O3S. The zero-order chi connectivity index (χ0) is 22.2. The minimum atomic E-state index is -0.555. The Bertz CT molecular complexity index is 1160. The summed E-state index contributed by atoms with van der Waals surface area (Å²) in [6.45, 7) is 8.60. The molecule has 0 aliphatic carbocycles. The molecule has 3 heterocycles. The van der Waals surface area contributed by atoms with E-state index in [2.05, 4.69) is 23.6 Å². The van der Waals surface area contributed by atoms with Gasteiger partial charge >= 0.3 is 6.09 Å². The average molecular weight is 438 g/mol. The SMILES string of the molecule is Cc1nc2c(c(=O)n1Cc1ccccc1-c1cccs1)CCN(C(=O)OC(C)(C)C)C2. The molecular weight excluding hydrogens is 410 g/mol. The van der Waals surface area contributed by atoms with Crippen molar-refractivity contribution < 1.29 is 9.53 Å². The first-order chi connectivity index (χ1) is 14.7. The quantitative estimate of drug-likeness (QED) is 0.600. The molecule has 31 heavy (non-hydrogen) atoms. The van der Waals surface area contributed by atoms with Crippen molar-refractivity contribution in [1.29, 1.82) is 0 Å². The molecule has 2 aromatic heterocycles. The number of hydrogen-bond acceptors (Lipinski definition) is 5. The van der Waals surface area contributed by atoms with Gasteiger partial charge in [0.2, 0.25) is 0 Å². The van der Waals surface area contributed by atoms with Crippen molar-refractivity contribution in [1.82, 2.24) is 14.5 Å². The third-order valence-electron chi connectivity index (χ3n) is 5.30. The summed E-state index contributed by atoms with van der Waals surface area (Å²) in [4.78, 5) is 33.3. The maximum Gasteiger partial charge on any atom is 0.410 e. The summed E-state index contributed by atoms with van der Waals surface area (Å²) in [7, 11) is 0. The molecule has 0 saturated carbocycles. The summed E-state index contributed by atoms with van der Waals surface area (Å²) in [6.07, 6.45) is 0.111. The predicted molar refractivity (Wildman–Crippen MR) is 122 cm³/mol. The van der Waals surface area contributed by atoms with E-state index in [1.54, 1.807) is 20.8 Å². The summed E-state index contributed by atoms with van der Waals surface area (Å²) in [5, 5.41) is 2.06. The summed E-state index contributed by atoms with van der Waals surface area (Å²) in [5.74, 6) is 0.649. The lowest BCUT2D eigenvalue weighted by molar-refractivity contribution is 0.0220. The summed E-state index contributed by atoms with van der Waals surface area (Å²) >= 11 is 1.69. The topological polar surface area (TPSA) is 64.4 Å². The number of rotatable bonds is 3. The van der Waals surface area contributed by atoms with Crippen LogP contribution in [0.4, 0.5) is 4.79 Å². The van der Waals surface area contributed by atoms with Crippen LogP contribution in [-0.4, -0.2) is 32.7 Å². The minimum Gasteiger partial charge on any atom is -0.444 e. The lowest BCUT2D eigenvalue weighted by Crippen LogP contribution is -2.43. The Morgan fingerprint density at radius 1 is 1.19 bits per heavy atom. The Hall–Kier alpha value is -2.93. The fourth-order valence-corrected chi connectivity index (χ4v) is 4.60. The molecule has 0 atom stereocenters. The molecule has 0 saturated heterocycles. The van der Waals surface area contributed by atoms with Crippen molar-refractivity contribution in [3.63, 3.8) is 0 Å². The molecule has 1 aliphatic heterocycles. The van der Waals surface area contributed by atoms with Crippen LogP contribution in [0, 0.1) is 6.92 Å². The molecule has 6 nitrogen and oxygen atoms in total. The van der Waals surface area contributed by atoms with Gasteiger partial charge in [0.1, 0.15) is 11.4 Å². The molecule has 0 radical (unpaired) electrons. The second-order valence-electron chi connectivity index (χ2n) is 8.76. The second-order valence-corrected chi connectivity index (χ2v) is 9.71. The van der Waals surface area contributed by atoms with Crippen LogP contribution >= 0.6 is 11.3 Å². The Balaban J connectivity index is 1.63. The Morgan fingerprint density at radius 2 is 1.97 bits per heavy atom. The van der Waals surface area contributed by atoms with Gasteiger partial charge in [-0.25, -0.2) is 9.78 Å². The number of benzene rings is 1. The van der Waals surface area contributed by atoms with E-state index in [1.165, 1.54) is 4.88 Å². The van der Waals surface area contributed by atoms with Crippen LogP contribution in [0.2, 0.25) is 0 Å². The van der Waals surface area contributed by atoms with Crippen LogP contribution in [0.5, 0.6) is 0 Å². The van der Waals surface area contributed by atoms with Crippen molar-refractivity contribution in [3.8, 4) is 10.4 Å². The van der Waals surface area contributed by atoms with Crippen molar-refractivity contribution in [3.05, 3.63) is 74.8 Å². The van der Waals surface area contributed by atoms with Gasteiger partial charge in [0.25, 0.3) is 5.56 Å². The van der Waals surface area contributed by atoms with Crippen LogP contribution < -0.4 is 5.56 Å². The minimum absolute atomic E-state index is 0.0210. The third kappa shape index (κ3) is 4.56. The van der Waals surface area contributed by atoms with Crippen molar-refractivity contribution in [2.24, 2.45) is 0 Å². The van der Waals surface area contributed by atoms with Crippen LogP contribution in [0.15, 0.2) is 46.6 Å². The van der Waals surface area contributed by atoms with E-state index in [1.807, 2.05) is 45.9 Å². The van der Waals surface area contributed by atoms with Gasteiger partial charge in [-0.2, -0.15) is 0 Å². The fraction of sp³-hybridized carbons (Fsp3) is 0.375. The lowest BCUT2D eigenvalue weighted by atomic mass is 10.0. The highest BCUT2D eigenvalue weighted by atomic mass is 32.1. The molecule has 1 amide bonds. The first-order valence-electron chi connectivity index (χ1n) is 10.4. The van der Waals surface area contributed by atoms with Crippen LogP contribution in [-0.2, 0) is 24.2 Å². The van der Waals surface area contributed by atoms with Crippen molar-refractivity contribution in [2.75, 3.05) is 6.54 Å². The number of aryl methyl sites for hydroxylation is 1. The number of hydrogen-bond donors (Lipinski definition) is 0. The van der Waals surface area contributed by atoms with Gasteiger partial charge in [0.15, 0.2) is 0 Å². The fourth-order valence-electron chi connectivity index (χ4n) is 3.81. The Morgan fingerprint density at radius 3 is 2.68 bits per heavy atom. The largest absolute Gasteiger partial charge is 0.444 e. The maximum atomic E-state index is 13.3. The summed E-state index contributed by atoms with van der Waals surface area (Å²) in [5.41, 5.74) is 3.01. The van der Waals surface area contributed by atoms with Gasteiger partial charge in [0, 0.05) is 17.0 Å². The molecule has 7 heteroatoms. The summed E-state index contributed by atoms with van der Waals surface area (Å²) < 4.78 is 7.23. The number of carbonyl (C=O) groups is 1. The van der Waals surface area contributed by atoms with Gasteiger partial charge in [0.05, 0.1) is 18.8 Å². The van der Waals surface area contributed by atoms with E-state index in [4.69, 9.17) is 9.72 Å². The first kappa shape index (κ1) is 21.3. The first-order valence-corrected chi connectivity index (χ1v) is 11.3. The lowest BCUT2D eigenvalue weighted by Gasteiger charge is -2.31. The van der Waals surface area contributed by atoms with Gasteiger partial charge in [-0.15, -0.1) is 11.3 Å². The number of nitrogens with zero attached hydrogens (tertiary/aromatic N) is 3. The molecule has 0 N–H and O–H groups in total. The van der Waals surface area contributed by atoms with Gasteiger partial charge in [-0.3, -0.25) is 9.36 Å². The van der Waals surface area contributed by atoms with Crippen molar-refractivity contribution >= 4 is 17.4 Å². The van der Waals surface area contributed by atoms with E-state index in [0.717, 1.165) is 11.1 Å². The number of amides is 1. The predicted octanol–water partition coefficient (Wildman–Crippen LogP) is 4.62. The Labute approximate surface area is 186 Å². The van der Waals surface area contributed by atoms with E-state index >= 15 is 0 Å². The van der Waals surface area contributed by atoms with E-state index in [0.29, 0.717) is 43.1 Å². The highest BCUT2D eigenvalue weighted by molar-refractivity contribution is 7.13. The van der Waals surface area contributed by atoms with Crippen molar-refractivity contribution in [2.45, 2.75) is 52.8 Å². The molecule has 162 valence electrons. The van der Waals surface area contributed by atoms with E-state index in [-0.39, 0.29) is 11.7 Å². The molecule has 1 aromatic carbocycles. The highest BCUT2D eigenvalue weighted by Crippen LogP contribution is 2.28. The molecule has 1 aliphatic rings. The van der Waals surface area contributed by atoms with Crippen LogP contribution in [0.3, 0.4) is 0 Å². The molecule has 0 unspecified atom stereocenters. The smallest absolute Gasteiger partial charge is 0.410 e. The zero-order valence-corrected chi connectivity index (χ0v) is 19.2. The molecule has 0 bridgehead atoms. The molecule has 0 spiro atoms. The monoisotopic (exact) mass is 437 g/mol. The van der Waals surface area contributed by atoms with Gasteiger partial charge < -0.3 is 9.64 Å². The highest BCUT2D eigenvalue weighted by Gasteiger charge is 2.28. The number of fused-ring (bicyclic) bond motifs is 1. The third-order valence-corrected chi connectivity index (χ3v) is 6.20. The number of ether oxygens (including phenoxy) is 1. The number of carbonyl (C=O) groups excluding carboxylic acids is 1. The zero-order valence-electron chi connectivity index (χ0n) is 18.3. The van der Waals surface area contributed by atoms with Crippen LogP contribution in [0.25, 0.3) is 10.4 Å². The second kappa shape index (κ2) is 8.30. The maximum absolute atomic E-state index is 13.3. The van der Waals surface area contributed by atoms with Crippen LogP contribution in [0.1, 0.15) is 43.4 Å². The number of thiophene rings is 1. The van der Waals surface area contributed by atoms with Gasteiger partial charge in [-0.05, 0) is 56.7 Å². The van der Waals surface area contributed by atoms with E-state index < -0.39 is 5.60 Å². The molecule has 0 fully saturated rings.